The van der Waals surface area contributed by atoms with Gasteiger partial charge in [0.15, 0.2) is 11.6 Å². The third-order valence-corrected chi connectivity index (χ3v) is 5.94. The zero-order valence-corrected chi connectivity index (χ0v) is 18.6. The van der Waals surface area contributed by atoms with Crippen molar-refractivity contribution in [1.29, 1.82) is 0 Å². The molecule has 1 aromatic heterocycles. The highest BCUT2D eigenvalue weighted by Crippen LogP contribution is 2.36. The quantitative estimate of drug-likeness (QED) is 0.590. The molecule has 0 atom stereocenters. The summed E-state index contributed by atoms with van der Waals surface area (Å²) in [6.45, 7) is 2.91. The average molecular weight is 483 g/mol. The van der Waals surface area contributed by atoms with Crippen LogP contribution in [0.15, 0.2) is 48.5 Å². The first-order chi connectivity index (χ1) is 16.7. The van der Waals surface area contributed by atoms with Crippen LogP contribution >= 0.6 is 0 Å². The second-order valence-corrected chi connectivity index (χ2v) is 8.30. The maximum absolute atomic E-state index is 13.3. The molecule has 0 spiro atoms. The Morgan fingerprint density at radius 3 is 2.51 bits per heavy atom. The number of aromatic nitrogens is 2. The molecule has 3 aromatic rings. The number of amides is 2. The van der Waals surface area contributed by atoms with Crippen molar-refractivity contribution >= 4 is 23.3 Å². The molecule has 0 aliphatic carbocycles. The van der Waals surface area contributed by atoms with Gasteiger partial charge in [0.25, 0.3) is 17.7 Å². The van der Waals surface area contributed by atoms with Crippen LogP contribution in [0.4, 0.5) is 24.7 Å². The van der Waals surface area contributed by atoms with Crippen LogP contribution in [0.25, 0.3) is 0 Å². The number of aryl methyl sites for hydroxylation is 1. The summed E-state index contributed by atoms with van der Waals surface area (Å²) in [6.07, 6.45) is -4.62. The monoisotopic (exact) mass is 483 g/mol. The van der Waals surface area contributed by atoms with Gasteiger partial charge in [-0.15, -0.1) is 10.2 Å². The van der Waals surface area contributed by atoms with Crippen molar-refractivity contribution in [2.75, 3.05) is 36.4 Å². The Morgan fingerprint density at radius 1 is 1.03 bits per heavy atom. The number of benzene rings is 2. The van der Waals surface area contributed by atoms with Crippen molar-refractivity contribution in [3.8, 4) is 11.6 Å². The molecule has 8 nitrogen and oxygen atoms in total. The van der Waals surface area contributed by atoms with E-state index in [1.165, 1.54) is 23.1 Å². The lowest BCUT2D eigenvalue weighted by molar-refractivity contribution is -0.138. The first-order valence-corrected chi connectivity index (χ1v) is 10.9. The van der Waals surface area contributed by atoms with E-state index in [1.54, 1.807) is 18.2 Å². The molecule has 0 radical (unpaired) electrons. The maximum atomic E-state index is 13.3. The number of hydrogen-bond donors (Lipinski definition) is 1. The molecule has 2 aromatic carbocycles. The molecule has 3 heterocycles. The number of carbonyl (C=O) groups excluding carboxylic acids is 2. The summed E-state index contributed by atoms with van der Waals surface area (Å²) in [5.74, 6) is -0.117. The van der Waals surface area contributed by atoms with E-state index in [0.717, 1.165) is 11.6 Å². The lowest BCUT2D eigenvalue weighted by Crippen LogP contribution is -2.49. The van der Waals surface area contributed by atoms with Crippen molar-refractivity contribution in [3.05, 3.63) is 70.8 Å². The molecule has 11 heteroatoms. The van der Waals surface area contributed by atoms with Crippen molar-refractivity contribution < 1.29 is 27.5 Å². The van der Waals surface area contributed by atoms with Crippen LogP contribution in [-0.4, -0.2) is 53.1 Å². The third-order valence-electron chi connectivity index (χ3n) is 5.94. The molecule has 5 rings (SSSR count). The van der Waals surface area contributed by atoms with Gasteiger partial charge >= 0.3 is 6.18 Å². The molecule has 1 fully saturated rings. The van der Waals surface area contributed by atoms with Gasteiger partial charge in [-0.25, -0.2) is 0 Å². The number of halogens is 3. The summed E-state index contributed by atoms with van der Waals surface area (Å²) in [5, 5.41) is 11.1. The third kappa shape index (κ3) is 4.36. The van der Waals surface area contributed by atoms with Crippen LogP contribution < -0.4 is 15.0 Å². The Bertz CT molecular complexity index is 1320. The normalized spacial score (nSPS) is 15.5. The zero-order chi connectivity index (χ0) is 24.7. The number of nitrogens with zero attached hydrogens (tertiary/aromatic N) is 4. The van der Waals surface area contributed by atoms with E-state index in [4.69, 9.17) is 4.74 Å². The van der Waals surface area contributed by atoms with Crippen LogP contribution in [0.3, 0.4) is 0 Å². The second-order valence-electron chi connectivity index (χ2n) is 8.30. The van der Waals surface area contributed by atoms with Crippen molar-refractivity contribution in [3.63, 3.8) is 0 Å². The summed E-state index contributed by atoms with van der Waals surface area (Å²) in [4.78, 5) is 28.8. The minimum atomic E-state index is -4.62. The summed E-state index contributed by atoms with van der Waals surface area (Å²) in [6, 6.07) is 11.7. The average Bonchev–Trinajstić information content (AvgIpc) is 2.98. The number of piperazine rings is 1. The molecular weight excluding hydrogens is 463 g/mol. The molecule has 0 unspecified atom stereocenters. The lowest BCUT2D eigenvalue weighted by Gasteiger charge is -2.35. The van der Waals surface area contributed by atoms with E-state index in [-0.39, 0.29) is 30.1 Å². The minimum Gasteiger partial charge on any atom is -0.435 e. The Hall–Kier alpha value is -4.15. The van der Waals surface area contributed by atoms with Crippen molar-refractivity contribution in [2.45, 2.75) is 13.1 Å². The zero-order valence-electron chi connectivity index (χ0n) is 18.6. The highest BCUT2D eigenvalue weighted by molar-refractivity contribution is 6.08. The number of alkyl halides is 3. The molecule has 1 saturated heterocycles. The van der Waals surface area contributed by atoms with Gasteiger partial charge in [0, 0.05) is 32.2 Å². The SMILES string of the molecule is Cc1ccc2c(c1)Oc1nnc(N3CCN(C(=O)c4ccccc4C(F)(F)F)CC3)cc1C(=O)N2. The lowest BCUT2D eigenvalue weighted by atomic mass is 10.1. The first-order valence-electron chi connectivity index (χ1n) is 10.9. The van der Waals surface area contributed by atoms with E-state index in [9.17, 15) is 22.8 Å². The second kappa shape index (κ2) is 8.57. The van der Waals surface area contributed by atoms with Crippen LogP contribution in [0, 0.1) is 6.92 Å². The minimum absolute atomic E-state index is 0.0770. The fraction of sp³-hybridized carbons (Fsp3) is 0.250. The maximum Gasteiger partial charge on any atom is 0.417 e. The molecule has 35 heavy (non-hydrogen) atoms. The van der Waals surface area contributed by atoms with Crippen LogP contribution in [0.1, 0.15) is 31.8 Å². The molecule has 0 saturated carbocycles. The molecule has 180 valence electrons. The molecule has 1 N–H and O–H groups in total. The fourth-order valence-corrected chi connectivity index (χ4v) is 4.10. The van der Waals surface area contributed by atoms with Crippen LogP contribution in [0.2, 0.25) is 0 Å². The Labute approximate surface area is 198 Å². The Kier molecular flexibility index (Phi) is 5.54. The predicted molar refractivity (Wildman–Crippen MR) is 121 cm³/mol. The number of ether oxygens (including phenoxy) is 1. The van der Waals surface area contributed by atoms with Gasteiger partial charge in [-0.2, -0.15) is 13.2 Å². The highest BCUT2D eigenvalue weighted by atomic mass is 19.4. The standard InChI is InChI=1S/C24H20F3N5O3/c1-14-6-7-18-19(12-14)35-22-16(21(33)28-18)13-20(29-30-22)31-8-10-32(11-9-31)23(34)15-4-2-3-5-17(15)24(25,26)27/h2-7,12-13H,8-11H2,1H3,(H,28,33). The summed E-state index contributed by atoms with van der Waals surface area (Å²) < 4.78 is 45.8. The number of fused-ring (bicyclic) bond motifs is 2. The van der Waals surface area contributed by atoms with Gasteiger partial charge in [0.2, 0.25) is 0 Å². The fourth-order valence-electron chi connectivity index (χ4n) is 4.10. The van der Waals surface area contributed by atoms with Gasteiger partial charge in [-0.3, -0.25) is 9.59 Å². The van der Waals surface area contributed by atoms with E-state index in [0.29, 0.717) is 30.3 Å². The molecule has 2 aliphatic heterocycles. The molecule has 2 aliphatic rings. The number of anilines is 2. The van der Waals surface area contributed by atoms with Gasteiger partial charge in [0.1, 0.15) is 5.56 Å². The smallest absolute Gasteiger partial charge is 0.417 e. The van der Waals surface area contributed by atoms with Crippen molar-refractivity contribution in [2.24, 2.45) is 0 Å². The van der Waals surface area contributed by atoms with Crippen molar-refractivity contribution in [1.82, 2.24) is 15.1 Å². The van der Waals surface area contributed by atoms with Gasteiger partial charge in [0.05, 0.1) is 16.8 Å². The topological polar surface area (TPSA) is 87.7 Å². The van der Waals surface area contributed by atoms with E-state index >= 15 is 0 Å². The summed E-state index contributed by atoms with van der Waals surface area (Å²) >= 11 is 0. The summed E-state index contributed by atoms with van der Waals surface area (Å²) in [7, 11) is 0. The number of carbonyl (C=O) groups is 2. The van der Waals surface area contributed by atoms with Crippen LogP contribution in [0.5, 0.6) is 11.6 Å². The largest absolute Gasteiger partial charge is 0.435 e. The highest BCUT2D eigenvalue weighted by Gasteiger charge is 2.36. The molecule has 2 amide bonds. The molecular formula is C24H20F3N5O3. The van der Waals surface area contributed by atoms with E-state index < -0.39 is 23.6 Å². The number of nitrogens with one attached hydrogen (secondary N) is 1. The Balaban J connectivity index is 1.32. The van der Waals surface area contributed by atoms with E-state index in [1.807, 2.05) is 17.9 Å². The van der Waals surface area contributed by atoms with Gasteiger partial charge in [-0.1, -0.05) is 18.2 Å². The molecule has 0 bridgehead atoms. The van der Waals surface area contributed by atoms with E-state index in [2.05, 4.69) is 15.5 Å². The number of hydrogen-bond acceptors (Lipinski definition) is 6. The van der Waals surface area contributed by atoms with Gasteiger partial charge in [-0.05, 0) is 36.8 Å². The Morgan fingerprint density at radius 2 is 1.77 bits per heavy atom. The summed E-state index contributed by atoms with van der Waals surface area (Å²) in [5.41, 5.74) is 0.359. The predicted octanol–water partition coefficient (Wildman–Crippen LogP) is 4.12. The van der Waals surface area contributed by atoms with Crippen LogP contribution in [-0.2, 0) is 6.18 Å². The van der Waals surface area contributed by atoms with Gasteiger partial charge < -0.3 is 19.9 Å². The first kappa shape index (κ1) is 22.6. The number of rotatable bonds is 2.